The van der Waals surface area contributed by atoms with Gasteiger partial charge in [0, 0.05) is 13.0 Å². The number of carboxylic acids is 1. The normalized spacial score (nSPS) is 21.0. The van der Waals surface area contributed by atoms with E-state index < -0.39 is 47.9 Å². The van der Waals surface area contributed by atoms with Crippen LogP contribution in [0.25, 0.3) is 0 Å². The van der Waals surface area contributed by atoms with E-state index in [0.29, 0.717) is 12.8 Å². The minimum Gasteiger partial charge on any atom is -0.480 e. The molecule has 3 amide bonds. The number of carbonyl (C=O) groups is 4. The van der Waals surface area contributed by atoms with Crippen LogP contribution in [-0.2, 0) is 19.2 Å². The molecule has 1 saturated heterocycles. The summed E-state index contributed by atoms with van der Waals surface area (Å²) in [4.78, 5) is 47.9. The summed E-state index contributed by atoms with van der Waals surface area (Å²) in [5.74, 6) is -3.15. The third-order valence-electron chi connectivity index (χ3n) is 3.94. The minimum atomic E-state index is -1.25. The maximum absolute atomic E-state index is 12.6. The smallest absolute Gasteiger partial charge is 0.326 e. The van der Waals surface area contributed by atoms with Crippen molar-refractivity contribution in [3.63, 3.8) is 0 Å². The Morgan fingerprint density at radius 2 is 1.96 bits per heavy atom. The first-order valence-corrected chi connectivity index (χ1v) is 7.70. The first-order valence-electron chi connectivity index (χ1n) is 7.70. The van der Waals surface area contributed by atoms with Crippen LogP contribution in [0.1, 0.15) is 32.6 Å². The number of amides is 3. The zero-order chi connectivity index (χ0) is 18.4. The number of aliphatic hydroxyl groups is 1. The molecule has 0 spiro atoms. The van der Waals surface area contributed by atoms with Gasteiger partial charge in [-0.25, -0.2) is 4.79 Å². The van der Waals surface area contributed by atoms with Crippen molar-refractivity contribution in [3.05, 3.63) is 0 Å². The van der Waals surface area contributed by atoms with E-state index in [4.69, 9.17) is 16.6 Å². The maximum Gasteiger partial charge on any atom is 0.326 e. The highest BCUT2D eigenvalue weighted by Crippen LogP contribution is 2.19. The summed E-state index contributed by atoms with van der Waals surface area (Å²) in [5, 5.41) is 20.9. The molecule has 10 heteroatoms. The number of aliphatic carboxylic acids is 1. The summed E-state index contributed by atoms with van der Waals surface area (Å²) in [6.45, 7) is 1.58. The Kier molecular flexibility index (Phi) is 7.11. The first-order chi connectivity index (χ1) is 11.1. The van der Waals surface area contributed by atoms with Gasteiger partial charge in [-0.2, -0.15) is 0 Å². The average Bonchev–Trinajstić information content (AvgIpc) is 2.99. The molecule has 1 aliphatic rings. The van der Waals surface area contributed by atoms with Gasteiger partial charge in [0.25, 0.3) is 0 Å². The highest BCUT2D eigenvalue weighted by atomic mass is 16.4. The molecule has 1 aliphatic heterocycles. The van der Waals surface area contributed by atoms with Crippen LogP contribution in [0.15, 0.2) is 0 Å². The summed E-state index contributed by atoms with van der Waals surface area (Å²) in [7, 11) is 0. The van der Waals surface area contributed by atoms with Crippen molar-refractivity contribution < 1.29 is 29.4 Å². The second-order valence-corrected chi connectivity index (χ2v) is 5.86. The quantitative estimate of drug-likeness (QED) is 0.324. The van der Waals surface area contributed by atoms with Crippen LogP contribution in [0.2, 0.25) is 0 Å². The Bertz CT molecular complexity index is 509. The number of nitrogens with two attached hydrogens (primary N) is 2. The lowest BCUT2D eigenvalue weighted by atomic mass is 10.1. The van der Waals surface area contributed by atoms with E-state index in [1.54, 1.807) is 0 Å². The number of nitrogens with zero attached hydrogens (tertiary/aromatic N) is 1. The Labute approximate surface area is 139 Å². The summed E-state index contributed by atoms with van der Waals surface area (Å²) < 4.78 is 0. The Hall–Kier alpha value is -2.20. The van der Waals surface area contributed by atoms with Gasteiger partial charge in [0.2, 0.25) is 17.7 Å². The van der Waals surface area contributed by atoms with Gasteiger partial charge in [-0.1, -0.05) is 0 Å². The lowest BCUT2D eigenvalue weighted by molar-refractivity contribution is -0.149. The average molecular weight is 344 g/mol. The van der Waals surface area contributed by atoms with Gasteiger partial charge in [0.05, 0.1) is 6.10 Å². The van der Waals surface area contributed by atoms with Gasteiger partial charge in [0.1, 0.15) is 18.1 Å². The summed E-state index contributed by atoms with van der Waals surface area (Å²) in [6, 6.07) is -3.34. The van der Waals surface area contributed by atoms with Gasteiger partial charge in [0.15, 0.2) is 0 Å². The summed E-state index contributed by atoms with van der Waals surface area (Å²) >= 11 is 0. The van der Waals surface area contributed by atoms with Gasteiger partial charge < -0.3 is 31.9 Å². The second kappa shape index (κ2) is 8.60. The van der Waals surface area contributed by atoms with Crippen molar-refractivity contribution >= 4 is 23.7 Å². The minimum absolute atomic E-state index is 0.0741. The van der Waals surface area contributed by atoms with Crippen LogP contribution in [0.5, 0.6) is 0 Å². The standard InChI is InChI=1S/C14H24N4O6/c1-7(19)11(16)12(21)17-8(4-5-10(15)20)13(22)18-6-2-3-9(18)14(23)24/h7-9,11,19H,2-6,16H2,1H3,(H2,15,20)(H,17,21)(H,23,24)/t7-,8+,9-,11+/m1/s1. The zero-order valence-corrected chi connectivity index (χ0v) is 13.5. The van der Waals surface area contributed by atoms with Crippen LogP contribution >= 0.6 is 0 Å². The number of carbonyl (C=O) groups excluding carboxylic acids is 3. The third kappa shape index (κ3) is 5.17. The topological polar surface area (TPSA) is 176 Å². The molecule has 0 bridgehead atoms. The highest BCUT2D eigenvalue weighted by molar-refractivity contribution is 5.92. The molecule has 0 unspecified atom stereocenters. The van der Waals surface area contributed by atoms with Crippen LogP contribution in [0.4, 0.5) is 0 Å². The molecule has 1 heterocycles. The number of primary amides is 1. The molecule has 0 saturated carbocycles. The van der Waals surface area contributed by atoms with Crippen LogP contribution < -0.4 is 16.8 Å². The molecule has 10 nitrogen and oxygen atoms in total. The fraction of sp³-hybridized carbons (Fsp3) is 0.714. The second-order valence-electron chi connectivity index (χ2n) is 5.86. The van der Waals surface area contributed by atoms with Crippen molar-refractivity contribution in [2.24, 2.45) is 11.5 Å². The van der Waals surface area contributed by atoms with E-state index in [-0.39, 0.29) is 19.4 Å². The predicted octanol–water partition coefficient (Wildman–Crippen LogP) is -2.48. The molecule has 7 N–H and O–H groups in total. The molecule has 136 valence electrons. The number of hydrogen-bond donors (Lipinski definition) is 5. The van der Waals surface area contributed by atoms with Gasteiger partial charge >= 0.3 is 5.97 Å². The molecule has 0 aromatic carbocycles. The lowest BCUT2D eigenvalue weighted by Gasteiger charge is -2.28. The summed E-state index contributed by atoms with van der Waals surface area (Å²) in [5.41, 5.74) is 10.6. The highest BCUT2D eigenvalue weighted by Gasteiger charge is 2.38. The van der Waals surface area contributed by atoms with E-state index in [9.17, 15) is 24.3 Å². The third-order valence-corrected chi connectivity index (χ3v) is 3.94. The Balaban J connectivity index is 2.87. The van der Waals surface area contributed by atoms with Crippen molar-refractivity contribution in [1.29, 1.82) is 0 Å². The largest absolute Gasteiger partial charge is 0.480 e. The molecule has 1 rings (SSSR count). The van der Waals surface area contributed by atoms with E-state index >= 15 is 0 Å². The van der Waals surface area contributed by atoms with Gasteiger partial charge in [-0.05, 0) is 26.2 Å². The van der Waals surface area contributed by atoms with E-state index in [1.165, 1.54) is 11.8 Å². The van der Waals surface area contributed by atoms with E-state index in [0.717, 1.165) is 0 Å². The van der Waals surface area contributed by atoms with Gasteiger partial charge in [-0.3, -0.25) is 14.4 Å². The molecule has 0 aromatic heterocycles. The van der Waals surface area contributed by atoms with E-state index in [2.05, 4.69) is 5.32 Å². The number of nitrogens with one attached hydrogen (secondary N) is 1. The maximum atomic E-state index is 12.6. The number of carboxylic acid groups (broad SMARTS) is 1. The molecule has 1 fully saturated rings. The fourth-order valence-corrected chi connectivity index (χ4v) is 2.52. The lowest BCUT2D eigenvalue weighted by Crippen LogP contribution is -2.56. The number of hydrogen-bond acceptors (Lipinski definition) is 6. The molecule has 0 aromatic rings. The van der Waals surface area contributed by atoms with Crippen molar-refractivity contribution in [1.82, 2.24) is 10.2 Å². The SMILES string of the molecule is C[C@@H](O)[C@H](N)C(=O)N[C@@H](CCC(N)=O)C(=O)N1CCC[C@@H]1C(=O)O. The predicted molar refractivity (Wildman–Crippen MR) is 82.4 cm³/mol. The molecule has 0 aliphatic carbocycles. The first kappa shape index (κ1) is 19.8. The van der Waals surface area contributed by atoms with Crippen LogP contribution in [0.3, 0.4) is 0 Å². The Morgan fingerprint density at radius 3 is 2.46 bits per heavy atom. The number of aliphatic hydroxyl groups excluding tert-OH is 1. The monoisotopic (exact) mass is 344 g/mol. The zero-order valence-electron chi connectivity index (χ0n) is 13.5. The molecule has 4 atom stereocenters. The fourth-order valence-electron chi connectivity index (χ4n) is 2.52. The number of rotatable bonds is 8. The van der Waals surface area contributed by atoms with Crippen LogP contribution in [-0.4, -0.2) is 69.6 Å². The van der Waals surface area contributed by atoms with Crippen molar-refractivity contribution in [2.45, 2.75) is 56.8 Å². The van der Waals surface area contributed by atoms with E-state index in [1.807, 2.05) is 0 Å². The summed E-state index contributed by atoms with van der Waals surface area (Å²) in [6.07, 6.45) is -0.506. The van der Waals surface area contributed by atoms with Crippen LogP contribution in [0, 0.1) is 0 Å². The Morgan fingerprint density at radius 1 is 1.33 bits per heavy atom. The molecular formula is C14H24N4O6. The molecular weight excluding hydrogens is 320 g/mol. The molecule has 0 radical (unpaired) electrons. The van der Waals surface area contributed by atoms with Crippen molar-refractivity contribution in [3.8, 4) is 0 Å². The van der Waals surface area contributed by atoms with Gasteiger partial charge in [-0.15, -0.1) is 0 Å². The van der Waals surface area contributed by atoms with Crippen molar-refractivity contribution in [2.75, 3.05) is 6.54 Å². The number of likely N-dealkylation sites (tertiary alicyclic amines) is 1. The molecule has 24 heavy (non-hydrogen) atoms.